The third kappa shape index (κ3) is 6.75. The highest BCUT2D eigenvalue weighted by atomic mass is 32.2. The molecule has 2 aromatic rings. The number of rotatable bonds is 8. The first-order chi connectivity index (χ1) is 15.3. The Hall–Kier alpha value is -2.50. The Bertz CT molecular complexity index is 1030. The van der Waals surface area contributed by atoms with Crippen LogP contribution in [0.4, 0.5) is 9.93 Å². The van der Waals surface area contributed by atoms with Crippen molar-refractivity contribution < 1.29 is 27.5 Å². The van der Waals surface area contributed by atoms with Crippen molar-refractivity contribution in [3.8, 4) is 0 Å². The van der Waals surface area contributed by atoms with E-state index >= 15 is 0 Å². The summed E-state index contributed by atoms with van der Waals surface area (Å²) < 4.78 is 33.6. The number of hydrogen-bond donors (Lipinski definition) is 2. The van der Waals surface area contributed by atoms with Crippen LogP contribution in [0.25, 0.3) is 0 Å². The van der Waals surface area contributed by atoms with Gasteiger partial charge in [-0.25, -0.2) is 18.2 Å². The Kier molecular flexibility index (Phi) is 8.21. The SMILES string of the molecule is COC(=O)NCc1cnc(NC(=O)C(CC2CCOCC2)c2ccc(S(C)(=O)=O)cc2)s1. The average molecular weight is 482 g/mol. The number of nitrogens with one attached hydrogen (secondary N) is 2. The molecule has 1 atom stereocenters. The summed E-state index contributed by atoms with van der Waals surface area (Å²) in [7, 11) is -2.03. The van der Waals surface area contributed by atoms with Crippen molar-refractivity contribution in [1.82, 2.24) is 10.3 Å². The highest BCUT2D eigenvalue weighted by Crippen LogP contribution is 2.31. The highest BCUT2D eigenvalue weighted by molar-refractivity contribution is 7.90. The summed E-state index contributed by atoms with van der Waals surface area (Å²) in [6.07, 6.45) is 4.60. The van der Waals surface area contributed by atoms with Gasteiger partial charge < -0.3 is 20.1 Å². The number of alkyl carbamates (subject to hydrolysis) is 1. The largest absolute Gasteiger partial charge is 0.453 e. The quantitative estimate of drug-likeness (QED) is 0.594. The van der Waals surface area contributed by atoms with Gasteiger partial charge in [-0.3, -0.25) is 4.79 Å². The third-order valence-corrected chi connectivity index (χ3v) is 7.35. The van der Waals surface area contributed by atoms with E-state index < -0.39 is 21.8 Å². The van der Waals surface area contributed by atoms with E-state index in [0.717, 1.165) is 29.5 Å². The van der Waals surface area contributed by atoms with Gasteiger partial charge in [0.05, 0.1) is 24.5 Å². The number of carbonyl (C=O) groups excluding carboxylic acids is 2. The van der Waals surface area contributed by atoms with E-state index in [1.165, 1.54) is 30.6 Å². The van der Waals surface area contributed by atoms with Gasteiger partial charge in [-0.05, 0) is 42.9 Å². The first-order valence-electron chi connectivity index (χ1n) is 10.2. The molecule has 32 heavy (non-hydrogen) atoms. The van der Waals surface area contributed by atoms with Gasteiger partial charge in [0.1, 0.15) is 0 Å². The van der Waals surface area contributed by atoms with Gasteiger partial charge in [0.15, 0.2) is 15.0 Å². The number of aromatic nitrogens is 1. The first-order valence-corrected chi connectivity index (χ1v) is 12.9. The predicted octanol–water partition coefficient (Wildman–Crippen LogP) is 2.94. The lowest BCUT2D eigenvalue weighted by molar-refractivity contribution is -0.118. The molecule has 1 aliphatic heterocycles. The van der Waals surface area contributed by atoms with Crippen LogP contribution in [0.2, 0.25) is 0 Å². The number of anilines is 1. The van der Waals surface area contributed by atoms with Gasteiger partial charge in [-0.15, -0.1) is 0 Å². The van der Waals surface area contributed by atoms with E-state index in [0.29, 0.717) is 30.7 Å². The van der Waals surface area contributed by atoms with Crippen LogP contribution in [-0.4, -0.2) is 52.0 Å². The standard InChI is InChI=1S/C21H27N3O6S2/c1-29-21(26)23-13-16-12-22-20(31-16)24-19(25)18(11-14-7-9-30-10-8-14)15-3-5-17(6-4-15)32(2,27)28/h3-6,12,14,18H,7-11,13H2,1-2H3,(H,23,26)(H,22,24,25). The fourth-order valence-electron chi connectivity index (χ4n) is 3.53. The molecule has 0 bridgehead atoms. The minimum atomic E-state index is -3.32. The van der Waals surface area contributed by atoms with Crippen molar-refractivity contribution in [2.24, 2.45) is 5.92 Å². The van der Waals surface area contributed by atoms with E-state index in [-0.39, 0.29) is 17.3 Å². The summed E-state index contributed by atoms with van der Waals surface area (Å²) in [5.41, 5.74) is 0.755. The fraction of sp³-hybridized carbons (Fsp3) is 0.476. The van der Waals surface area contributed by atoms with Crippen LogP contribution in [0.3, 0.4) is 0 Å². The van der Waals surface area contributed by atoms with Crippen LogP contribution in [0.15, 0.2) is 35.4 Å². The minimum Gasteiger partial charge on any atom is -0.453 e. The Labute approximate surface area is 191 Å². The molecule has 1 unspecified atom stereocenters. The summed E-state index contributed by atoms with van der Waals surface area (Å²) in [5.74, 6) is -0.317. The van der Waals surface area contributed by atoms with Gasteiger partial charge in [0.25, 0.3) is 0 Å². The minimum absolute atomic E-state index is 0.203. The van der Waals surface area contributed by atoms with Crippen molar-refractivity contribution in [1.29, 1.82) is 0 Å². The first kappa shape index (κ1) is 24.1. The number of hydrogen-bond acceptors (Lipinski definition) is 8. The second kappa shape index (κ2) is 10.9. The van der Waals surface area contributed by atoms with Gasteiger partial charge in [0.2, 0.25) is 5.91 Å². The summed E-state index contributed by atoms with van der Waals surface area (Å²) in [4.78, 5) is 29.6. The molecule has 11 heteroatoms. The second-order valence-corrected chi connectivity index (χ2v) is 10.8. The van der Waals surface area contributed by atoms with E-state index in [1.54, 1.807) is 18.3 Å². The summed E-state index contributed by atoms with van der Waals surface area (Å²) >= 11 is 1.27. The molecule has 2 amide bonds. The molecular weight excluding hydrogens is 454 g/mol. The monoisotopic (exact) mass is 481 g/mol. The normalized spacial score (nSPS) is 15.7. The molecule has 0 spiro atoms. The molecule has 0 aliphatic carbocycles. The Morgan fingerprint density at radius 3 is 2.56 bits per heavy atom. The van der Waals surface area contributed by atoms with Gasteiger partial charge >= 0.3 is 6.09 Å². The Morgan fingerprint density at radius 2 is 1.94 bits per heavy atom. The number of benzene rings is 1. The Balaban J connectivity index is 1.74. The van der Waals surface area contributed by atoms with Crippen LogP contribution >= 0.6 is 11.3 Å². The van der Waals surface area contributed by atoms with Gasteiger partial charge in [-0.1, -0.05) is 23.5 Å². The molecule has 2 N–H and O–H groups in total. The lowest BCUT2D eigenvalue weighted by Crippen LogP contribution is -2.26. The summed E-state index contributed by atoms with van der Waals surface area (Å²) in [6.45, 7) is 1.60. The van der Waals surface area contributed by atoms with E-state index in [2.05, 4.69) is 20.4 Å². The van der Waals surface area contributed by atoms with Crippen molar-refractivity contribution in [3.63, 3.8) is 0 Å². The molecule has 1 aromatic heterocycles. The van der Waals surface area contributed by atoms with Crippen molar-refractivity contribution in [2.75, 3.05) is 31.9 Å². The number of sulfone groups is 1. The zero-order valence-electron chi connectivity index (χ0n) is 18.0. The molecule has 2 heterocycles. The molecule has 1 aliphatic rings. The van der Waals surface area contributed by atoms with Crippen LogP contribution < -0.4 is 10.6 Å². The van der Waals surface area contributed by atoms with Crippen molar-refractivity contribution in [2.45, 2.75) is 36.6 Å². The van der Waals surface area contributed by atoms with Crippen molar-refractivity contribution >= 4 is 38.3 Å². The number of carbonyl (C=O) groups is 2. The fourth-order valence-corrected chi connectivity index (χ4v) is 4.91. The van der Waals surface area contributed by atoms with E-state index in [9.17, 15) is 18.0 Å². The van der Waals surface area contributed by atoms with Crippen LogP contribution in [0.1, 0.15) is 35.6 Å². The van der Waals surface area contributed by atoms with E-state index in [1.807, 2.05) is 0 Å². The molecule has 1 saturated heterocycles. The van der Waals surface area contributed by atoms with Crippen LogP contribution in [-0.2, 0) is 30.7 Å². The van der Waals surface area contributed by atoms with E-state index in [4.69, 9.17) is 4.74 Å². The summed E-state index contributed by atoms with van der Waals surface area (Å²) in [6, 6.07) is 6.48. The van der Waals surface area contributed by atoms with Crippen LogP contribution in [0.5, 0.6) is 0 Å². The topological polar surface area (TPSA) is 124 Å². The average Bonchev–Trinajstić information content (AvgIpc) is 3.23. The number of ether oxygens (including phenoxy) is 2. The number of thiazole rings is 1. The maximum Gasteiger partial charge on any atom is 0.407 e. The number of nitrogens with zero attached hydrogens (tertiary/aromatic N) is 1. The molecular formula is C21H27N3O6S2. The number of methoxy groups -OCH3 is 1. The predicted molar refractivity (Wildman–Crippen MR) is 120 cm³/mol. The molecule has 1 fully saturated rings. The lowest BCUT2D eigenvalue weighted by Gasteiger charge is -2.26. The smallest absolute Gasteiger partial charge is 0.407 e. The molecule has 0 radical (unpaired) electrons. The maximum atomic E-state index is 13.2. The zero-order valence-corrected chi connectivity index (χ0v) is 19.6. The summed E-state index contributed by atoms with van der Waals surface area (Å²) in [5, 5.41) is 5.87. The third-order valence-electron chi connectivity index (χ3n) is 5.31. The second-order valence-electron chi connectivity index (χ2n) is 7.65. The highest BCUT2D eigenvalue weighted by Gasteiger charge is 2.27. The molecule has 3 rings (SSSR count). The van der Waals surface area contributed by atoms with Crippen molar-refractivity contribution in [3.05, 3.63) is 40.9 Å². The lowest BCUT2D eigenvalue weighted by atomic mass is 9.84. The zero-order chi connectivity index (χ0) is 23.1. The molecule has 0 saturated carbocycles. The number of amides is 2. The molecule has 174 valence electrons. The Morgan fingerprint density at radius 1 is 1.25 bits per heavy atom. The molecule has 9 nitrogen and oxygen atoms in total. The maximum absolute atomic E-state index is 13.2. The van der Waals surface area contributed by atoms with Crippen LogP contribution in [0, 0.1) is 5.92 Å². The van der Waals surface area contributed by atoms with Gasteiger partial charge in [-0.2, -0.15) is 0 Å². The molecule has 1 aromatic carbocycles. The van der Waals surface area contributed by atoms with Gasteiger partial charge in [0, 0.05) is 30.5 Å².